The van der Waals surface area contributed by atoms with Gasteiger partial charge in [0.25, 0.3) is 0 Å². The Morgan fingerprint density at radius 3 is 2.71 bits per heavy atom. The number of nitrogens with two attached hydrogens (primary N) is 1. The van der Waals surface area contributed by atoms with Crippen LogP contribution in [0.4, 0.5) is 0 Å². The molecule has 0 amide bonds. The van der Waals surface area contributed by atoms with Crippen LogP contribution in [0.1, 0.15) is 44.3 Å². The summed E-state index contributed by atoms with van der Waals surface area (Å²) < 4.78 is 1.85. The van der Waals surface area contributed by atoms with Gasteiger partial charge in [-0.25, -0.2) is 4.98 Å². The van der Waals surface area contributed by atoms with Crippen LogP contribution < -0.4 is 5.73 Å². The predicted octanol–water partition coefficient (Wildman–Crippen LogP) is 1.11. The van der Waals surface area contributed by atoms with Crippen molar-refractivity contribution in [3.05, 3.63) is 11.6 Å². The highest BCUT2D eigenvalue weighted by Gasteiger charge is 2.38. The summed E-state index contributed by atoms with van der Waals surface area (Å²) in [5.41, 5.74) is 6.02. The van der Waals surface area contributed by atoms with Crippen molar-refractivity contribution in [1.82, 2.24) is 14.8 Å². The average Bonchev–Trinajstić information content (AvgIpc) is 2.44. The van der Waals surface area contributed by atoms with Gasteiger partial charge in [0.2, 0.25) is 0 Å². The maximum absolute atomic E-state index is 6.21. The van der Waals surface area contributed by atoms with Crippen molar-refractivity contribution in [2.24, 2.45) is 12.8 Å². The van der Waals surface area contributed by atoms with E-state index < -0.39 is 0 Å². The van der Waals surface area contributed by atoms with E-state index in [1.807, 2.05) is 11.7 Å². The minimum Gasteiger partial charge on any atom is -0.319 e. The van der Waals surface area contributed by atoms with Crippen LogP contribution in [0, 0.1) is 0 Å². The lowest BCUT2D eigenvalue weighted by Gasteiger charge is -2.36. The third-order valence-electron chi connectivity index (χ3n) is 2.97. The molecule has 1 heterocycles. The molecule has 1 aliphatic rings. The topological polar surface area (TPSA) is 56.7 Å². The van der Waals surface area contributed by atoms with Crippen LogP contribution in [0.5, 0.6) is 0 Å². The van der Waals surface area contributed by atoms with Gasteiger partial charge < -0.3 is 5.73 Å². The Balaban J connectivity index is 2.24. The predicted molar refractivity (Wildman–Crippen MR) is 54.7 cm³/mol. The molecule has 1 aromatic rings. The van der Waals surface area contributed by atoms with Crippen LogP contribution in [0.2, 0.25) is 0 Å². The van der Waals surface area contributed by atoms with Gasteiger partial charge in [-0.05, 0) is 25.7 Å². The molecule has 2 rings (SSSR count). The molecule has 78 valence electrons. The van der Waals surface area contributed by atoms with E-state index in [9.17, 15) is 0 Å². The van der Waals surface area contributed by atoms with Crippen LogP contribution in [-0.4, -0.2) is 14.8 Å². The summed E-state index contributed by atoms with van der Waals surface area (Å²) in [5.74, 6) is 1.90. The van der Waals surface area contributed by atoms with Gasteiger partial charge in [0.05, 0.1) is 5.54 Å². The summed E-state index contributed by atoms with van der Waals surface area (Å²) in [6, 6.07) is 0. The lowest BCUT2D eigenvalue weighted by molar-refractivity contribution is 0.230. The van der Waals surface area contributed by atoms with Gasteiger partial charge in [0.1, 0.15) is 5.82 Å². The zero-order valence-corrected chi connectivity index (χ0v) is 8.95. The molecule has 0 atom stereocenters. The Labute approximate surface area is 84.5 Å². The minimum absolute atomic E-state index is 0.187. The fourth-order valence-electron chi connectivity index (χ4n) is 1.98. The third kappa shape index (κ3) is 1.43. The highest BCUT2D eigenvalue weighted by atomic mass is 15.3. The highest BCUT2D eigenvalue weighted by molar-refractivity contribution is 5.11. The van der Waals surface area contributed by atoms with E-state index >= 15 is 0 Å². The molecule has 0 unspecified atom stereocenters. The zero-order valence-electron chi connectivity index (χ0n) is 8.95. The summed E-state index contributed by atoms with van der Waals surface area (Å²) in [6.45, 7) is 2.14. The van der Waals surface area contributed by atoms with Crippen LogP contribution in [-0.2, 0) is 19.0 Å². The van der Waals surface area contributed by atoms with E-state index in [1.54, 1.807) is 0 Å². The first-order chi connectivity index (χ1) is 6.65. The molecule has 4 nitrogen and oxygen atoms in total. The Hall–Kier alpha value is -0.900. The fraction of sp³-hybridized carbons (Fsp3) is 0.800. The fourth-order valence-corrected chi connectivity index (χ4v) is 1.98. The molecule has 2 N–H and O–H groups in total. The number of aryl methyl sites for hydroxylation is 2. The summed E-state index contributed by atoms with van der Waals surface area (Å²) >= 11 is 0. The van der Waals surface area contributed by atoms with Gasteiger partial charge in [0, 0.05) is 13.5 Å². The van der Waals surface area contributed by atoms with E-state index in [1.165, 1.54) is 6.42 Å². The van der Waals surface area contributed by atoms with Crippen LogP contribution in [0.15, 0.2) is 0 Å². The van der Waals surface area contributed by atoms with Gasteiger partial charge in [-0.1, -0.05) is 6.92 Å². The van der Waals surface area contributed by atoms with Gasteiger partial charge in [-0.15, -0.1) is 0 Å². The van der Waals surface area contributed by atoms with Crippen molar-refractivity contribution in [2.75, 3.05) is 0 Å². The molecule has 0 radical (unpaired) electrons. The van der Waals surface area contributed by atoms with E-state index in [4.69, 9.17) is 5.73 Å². The first-order valence-electron chi connectivity index (χ1n) is 5.35. The zero-order chi connectivity index (χ0) is 10.2. The molecule has 0 aliphatic heterocycles. The Morgan fingerprint density at radius 1 is 1.50 bits per heavy atom. The number of nitrogens with zero attached hydrogens (tertiary/aromatic N) is 3. The van der Waals surface area contributed by atoms with E-state index in [-0.39, 0.29) is 5.54 Å². The third-order valence-corrected chi connectivity index (χ3v) is 2.97. The maximum atomic E-state index is 6.21. The second-order valence-electron chi connectivity index (χ2n) is 4.23. The quantitative estimate of drug-likeness (QED) is 0.784. The SMILES string of the molecule is CCCc1nc(C2(N)CCC2)n(C)n1. The van der Waals surface area contributed by atoms with Gasteiger partial charge in [-0.3, -0.25) is 4.68 Å². The van der Waals surface area contributed by atoms with Gasteiger partial charge in [-0.2, -0.15) is 5.10 Å². The molecular weight excluding hydrogens is 176 g/mol. The number of rotatable bonds is 3. The minimum atomic E-state index is -0.187. The molecule has 4 heteroatoms. The van der Waals surface area contributed by atoms with E-state index in [2.05, 4.69) is 17.0 Å². The highest BCUT2D eigenvalue weighted by Crippen LogP contribution is 2.37. The van der Waals surface area contributed by atoms with Crippen molar-refractivity contribution >= 4 is 0 Å². The lowest BCUT2D eigenvalue weighted by atomic mass is 9.77. The standard InChI is InChI=1S/C10H18N4/c1-3-5-8-12-9(14(2)13-8)10(11)6-4-7-10/h3-7,11H2,1-2H3. The van der Waals surface area contributed by atoms with Crippen molar-refractivity contribution < 1.29 is 0 Å². The molecule has 1 saturated carbocycles. The second-order valence-corrected chi connectivity index (χ2v) is 4.23. The van der Waals surface area contributed by atoms with Gasteiger partial charge in [0.15, 0.2) is 5.82 Å². The molecule has 1 aliphatic carbocycles. The molecule has 14 heavy (non-hydrogen) atoms. The maximum Gasteiger partial charge on any atom is 0.151 e. The summed E-state index contributed by atoms with van der Waals surface area (Å²) in [5, 5.41) is 4.37. The smallest absolute Gasteiger partial charge is 0.151 e. The Kier molecular flexibility index (Phi) is 2.31. The van der Waals surface area contributed by atoms with Gasteiger partial charge >= 0.3 is 0 Å². The molecule has 1 fully saturated rings. The van der Waals surface area contributed by atoms with Crippen molar-refractivity contribution in [3.8, 4) is 0 Å². The first-order valence-corrected chi connectivity index (χ1v) is 5.35. The largest absolute Gasteiger partial charge is 0.319 e. The van der Waals surface area contributed by atoms with Crippen LogP contribution >= 0.6 is 0 Å². The molecule has 0 saturated heterocycles. The number of hydrogen-bond acceptors (Lipinski definition) is 3. The number of hydrogen-bond donors (Lipinski definition) is 1. The van der Waals surface area contributed by atoms with Crippen molar-refractivity contribution in [1.29, 1.82) is 0 Å². The average molecular weight is 194 g/mol. The summed E-state index contributed by atoms with van der Waals surface area (Å²) in [7, 11) is 1.94. The van der Waals surface area contributed by atoms with Crippen molar-refractivity contribution in [2.45, 2.75) is 44.6 Å². The van der Waals surface area contributed by atoms with Crippen LogP contribution in [0.3, 0.4) is 0 Å². The summed E-state index contributed by atoms with van der Waals surface area (Å²) in [4.78, 5) is 4.52. The summed E-state index contributed by atoms with van der Waals surface area (Å²) in [6.07, 6.45) is 5.34. The molecule has 0 aromatic carbocycles. The monoisotopic (exact) mass is 194 g/mol. The lowest BCUT2D eigenvalue weighted by Crippen LogP contribution is -2.45. The van der Waals surface area contributed by atoms with E-state index in [0.717, 1.165) is 37.3 Å². The Bertz CT molecular complexity index is 325. The molecule has 1 aromatic heterocycles. The molecule has 0 bridgehead atoms. The van der Waals surface area contributed by atoms with E-state index in [0.29, 0.717) is 0 Å². The second kappa shape index (κ2) is 3.35. The first kappa shape index (κ1) is 9.65. The van der Waals surface area contributed by atoms with Crippen LogP contribution in [0.25, 0.3) is 0 Å². The Morgan fingerprint density at radius 2 is 2.21 bits per heavy atom. The molecule has 0 spiro atoms. The van der Waals surface area contributed by atoms with Crippen molar-refractivity contribution in [3.63, 3.8) is 0 Å². The number of aromatic nitrogens is 3. The normalized spacial score (nSPS) is 19.4. The molecular formula is C10H18N4.